The summed E-state index contributed by atoms with van der Waals surface area (Å²) in [6.45, 7) is 4.15. The maximum atomic E-state index is 12.4. The third-order valence-corrected chi connectivity index (χ3v) is 5.89. The Hall–Kier alpha value is -3.60. The summed E-state index contributed by atoms with van der Waals surface area (Å²) < 4.78 is 40.6. The summed E-state index contributed by atoms with van der Waals surface area (Å²) in [6.07, 6.45) is 0.325. The Balaban J connectivity index is 1.52. The second kappa shape index (κ2) is 10.3. The highest BCUT2D eigenvalue weighted by Crippen LogP contribution is 2.22. The van der Waals surface area contributed by atoms with E-state index < -0.39 is 16.1 Å². The molecule has 3 aromatic rings. The van der Waals surface area contributed by atoms with E-state index in [1.807, 2.05) is 31.2 Å². The molecule has 1 aromatic heterocycles. The fourth-order valence-corrected chi connectivity index (χ4v) is 3.31. The maximum Gasteiger partial charge on any atom is 0.261 e. The molecule has 176 valence electrons. The van der Waals surface area contributed by atoms with Crippen LogP contribution in [0.15, 0.2) is 53.1 Å². The van der Waals surface area contributed by atoms with Crippen LogP contribution < -0.4 is 19.1 Å². The Kier molecular flexibility index (Phi) is 7.54. The third kappa shape index (κ3) is 6.45. The van der Waals surface area contributed by atoms with Crippen molar-refractivity contribution in [3.63, 3.8) is 0 Å². The highest BCUT2D eigenvalue weighted by atomic mass is 32.2. The standard InChI is InChI=1S/C22H26N4O6S/c1-5-30-18-10-6-16(7-11-18)21-24-20(32-25-21)14-23-22(27)15(2)31-19-12-8-17(9-13-19)26(3)33(4,28)29/h6-13,15H,5,14H2,1-4H3,(H,23,27)/t15-/m0/s1. The molecule has 0 unspecified atom stereocenters. The summed E-state index contributed by atoms with van der Waals surface area (Å²) >= 11 is 0. The number of amides is 1. The molecule has 0 radical (unpaired) electrons. The molecule has 0 aliphatic carbocycles. The van der Waals surface area contributed by atoms with Gasteiger partial charge in [-0.2, -0.15) is 4.98 Å². The first kappa shape index (κ1) is 24.1. The van der Waals surface area contributed by atoms with Gasteiger partial charge in [-0.05, 0) is 62.4 Å². The van der Waals surface area contributed by atoms with Crippen LogP contribution in [-0.2, 0) is 21.4 Å². The van der Waals surface area contributed by atoms with Gasteiger partial charge in [0.1, 0.15) is 11.5 Å². The number of nitrogens with zero attached hydrogens (tertiary/aromatic N) is 3. The number of sulfonamides is 1. The number of carbonyl (C=O) groups is 1. The topological polar surface area (TPSA) is 124 Å². The van der Waals surface area contributed by atoms with Gasteiger partial charge < -0.3 is 19.3 Å². The first-order valence-electron chi connectivity index (χ1n) is 10.2. The van der Waals surface area contributed by atoms with Crippen molar-refractivity contribution in [2.45, 2.75) is 26.5 Å². The molecule has 1 N–H and O–H groups in total. The lowest BCUT2D eigenvalue weighted by Crippen LogP contribution is -2.36. The zero-order valence-electron chi connectivity index (χ0n) is 18.8. The smallest absolute Gasteiger partial charge is 0.261 e. The van der Waals surface area contributed by atoms with E-state index in [0.717, 1.165) is 21.9 Å². The van der Waals surface area contributed by atoms with Crippen molar-refractivity contribution in [1.29, 1.82) is 0 Å². The molecule has 0 fully saturated rings. The van der Waals surface area contributed by atoms with Crippen LogP contribution in [0.25, 0.3) is 11.4 Å². The summed E-state index contributed by atoms with van der Waals surface area (Å²) in [5, 5.41) is 6.63. The lowest BCUT2D eigenvalue weighted by molar-refractivity contribution is -0.127. The minimum absolute atomic E-state index is 0.0503. The van der Waals surface area contributed by atoms with E-state index in [1.165, 1.54) is 7.05 Å². The Morgan fingerprint density at radius 1 is 1.12 bits per heavy atom. The van der Waals surface area contributed by atoms with Crippen molar-refractivity contribution in [3.8, 4) is 22.9 Å². The van der Waals surface area contributed by atoms with Crippen LogP contribution in [0.4, 0.5) is 5.69 Å². The van der Waals surface area contributed by atoms with Crippen LogP contribution in [0.1, 0.15) is 19.7 Å². The van der Waals surface area contributed by atoms with Crippen LogP contribution in [0.2, 0.25) is 0 Å². The van der Waals surface area contributed by atoms with Crippen molar-refractivity contribution in [2.75, 3.05) is 24.2 Å². The summed E-state index contributed by atoms with van der Waals surface area (Å²) in [5.74, 6) is 1.48. The molecule has 1 amide bonds. The van der Waals surface area contributed by atoms with Gasteiger partial charge >= 0.3 is 0 Å². The molecule has 1 atom stereocenters. The molecule has 0 spiro atoms. The van der Waals surface area contributed by atoms with Gasteiger partial charge in [0.2, 0.25) is 21.7 Å². The Bertz CT molecular complexity index is 1180. The molecular weight excluding hydrogens is 448 g/mol. The molecule has 2 aromatic carbocycles. The van der Waals surface area contributed by atoms with Crippen LogP contribution in [0, 0.1) is 0 Å². The van der Waals surface area contributed by atoms with Gasteiger partial charge in [0.05, 0.1) is 25.1 Å². The number of benzene rings is 2. The predicted molar refractivity (Wildman–Crippen MR) is 123 cm³/mol. The average molecular weight is 475 g/mol. The second-order valence-electron chi connectivity index (χ2n) is 7.17. The number of anilines is 1. The van der Waals surface area contributed by atoms with E-state index in [4.69, 9.17) is 14.0 Å². The van der Waals surface area contributed by atoms with Gasteiger partial charge in [-0.25, -0.2) is 8.42 Å². The van der Waals surface area contributed by atoms with E-state index in [-0.39, 0.29) is 18.3 Å². The normalized spacial score (nSPS) is 12.1. The second-order valence-corrected chi connectivity index (χ2v) is 9.19. The Morgan fingerprint density at radius 2 is 1.76 bits per heavy atom. The maximum absolute atomic E-state index is 12.4. The lowest BCUT2D eigenvalue weighted by Gasteiger charge is -2.18. The zero-order valence-corrected chi connectivity index (χ0v) is 19.6. The van der Waals surface area contributed by atoms with Crippen molar-refractivity contribution in [1.82, 2.24) is 15.5 Å². The first-order chi connectivity index (χ1) is 15.7. The van der Waals surface area contributed by atoms with Gasteiger partial charge in [-0.1, -0.05) is 5.16 Å². The molecule has 0 saturated heterocycles. The lowest BCUT2D eigenvalue weighted by atomic mass is 10.2. The van der Waals surface area contributed by atoms with Gasteiger partial charge in [0, 0.05) is 12.6 Å². The van der Waals surface area contributed by atoms with E-state index in [9.17, 15) is 13.2 Å². The molecule has 0 aliphatic heterocycles. The monoisotopic (exact) mass is 474 g/mol. The summed E-state index contributed by atoms with van der Waals surface area (Å²) in [6, 6.07) is 13.7. The Labute approximate surface area is 192 Å². The zero-order chi connectivity index (χ0) is 24.0. The summed E-state index contributed by atoms with van der Waals surface area (Å²) in [4.78, 5) is 16.7. The number of hydrogen-bond donors (Lipinski definition) is 1. The molecule has 0 saturated carbocycles. The fraction of sp³-hybridized carbons (Fsp3) is 0.318. The van der Waals surface area contributed by atoms with Gasteiger partial charge in [-0.15, -0.1) is 0 Å². The van der Waals surface area contributed by atoms with Gasteiger partial charge in [0.25, 0.3) is 5.91 Å². The Morgan fingerprint density at radius 3 is 2.36 bits per heavy atom. The highest BCUT2D eigenvalue weighted by molar-refractivity contribution is 7.92. The van der Waals surface area contributed by atoms with Gasteiger partial charge in [0.15, 0.2) is 6.10 Å². The van der Waals surface area contributed by atoms with Crippen molar-refractivity contribution < 1.29 is 27.2 Å². The fourth-order valence-electron chi connectivity index (χ4n) is 2.80. The summed E-state index contributed by atoms with van der Waals surface area (Å²) in [7, 11) is -1.90. The molecule has 0 bridgehead atoms. The van der Waals surface area contributed by atoms with Crippen LogP contribution in [0.5, 0.6) is 11.5 Å². The van der Waals surface area contributed by atoms with Crippen LogP contribution >= 0.6 is 0 Å². The third-order valence-electron chi connectivity index (χ3n) is 4.69. The quantitative estimate of drug-likeness (QED) is 0.476. The number of carbonyl (C=O) groups excluding carboxylic acids is 1. The molecule has 0 aliphatic rings. The van der Waals surface area contributed by atoms with Crippen molar-refractivity contribution in [3.05, 3.63) is 54.4 Å². The molecule has 11 heteroatoms. The number of rotatable bonds is 10. The summed E-state index contributed by atoms with van der Waals surface area (Å²) in [5.41, 5.74) is 1.25. The number of ether oxygens (including phenoxy) is 2. The highest BCUT2D eigenvalue weighted by Gasteiger charge is 2.17. The van der Waals surface area contributed by atoms with E-state index in [2.05, 4.69) is 15.5 Å². The van der Waals surface area contributed by atoms with Crippen LogP contribution in [-0.4, -0.2) is 50.5 Å². The average Bonchev–Trinajstić information content (AvgIpc) is 3.26. The number of nitrogens with one attached hydrogen (secondary N) is 1. The van der Waals surface area contributed by atoms with Crippen molar-refractivity contribution >= 4 is 21.6 Å². The van der Waals surface area contributed by atoms with E-state index in [1.54, 1.807) is 31.2 Å². The molecule has 10 nitrogen and oxygen atoms in total. The van der Waals surface area contributed by atoms with E-state index in [0.29, 0.717) is 23.9 Å². The predicted octanol–water partition coefficient (Wildman–Crippen LogP) is 2.61. The van der Waals surface area contributed by atoms with Gasteiger partial charge in [-0.3, -0.25) is 9.10 Å². The van der Waals surface area contributed by atoms with Crippen LogP contribution in [0.3, 0.4) is 0 Å². The minimum Gasteiger partial charge on any atom is -0.494 e. The van der Waals surface area contributed by atoms with Crippen molar-refractivity contribution in [2.24, 2.45) is 0 Å². The molecule has 3 rings (SSSR count). The SMILES string of the molecule is CCOc1ccc(-c2noc(CNC(=O)[C@H](C)Oc3ccc(N(C)S(C)(=O)=O)cc3)n2)cc1. The molecular formula is C22H26N4O6S. The minimum atomic E-state index is -3.36. The molecule has 1 heterocycles. The first-order valence-corrected chi connectivity index (χ1v) is 12.1. The largest absolute Gasteiger partial charge is 0.494 e. The number of hydrogen-bond acceptors (Lipinski definition) is 8. The number of aromatic nitrogens is 2. The van der Waals surface area contributed by atoms with E-state index >= 15 is 0 Å². The molecule has 33 heavy (non-hydrogen) atoms.